The van der Waals surface area contributed by atoms with Crippen molar-refractivity contribution in [2.24, 2.45) is 11.8 Å². The summed E-state index contributed by atoms with van der Waals surface area (Å²) >= 11 is 1.24. The molecule has 0 radical (unpaired) electrons. The summed E-state index contributed by atoms with van der Waals surface area (Å²) < 4.78 is 14.5. The van der Waals surface area contributed by atoms with E-state index in [1.54, 1.807) is 6.26 Å². The van der Waals surface area contributed by atoms with Gasteiger partial charge >= 0.3 is 0 Å². The predicted molar refractivity (Wildman–Crippen MR) is 104 cm³/mol. The van der Waals surface area contributed by atoms with Gasteiger partial charge in [-0.2, -0.15) is 4.39 Å². The van der Waals surface area contributed by atoms with Crippen LogP contribution in [-0.4, -0.2) is 51.9 Å². The number of rotatable bonds is 11. The minimum atomic E-state index is -0.705. The Kier molecular flexibility index (Phi) is 8.71. The molecule has 1 saturated carbocycles. The van der Waals surface area contributed by atoms with Gasteiger partial charge in [0.05, 0.1) is 12.5 Å². The number of nitrogens with one attached hydrogen (secondary N) is 3. The molecule has 1 fully saturated rings. The average Bonchev–Trinajstić information content (AvgIpc) is 3.20. The first kappa shape index (κ1) is 22.2. The molecule has 0 aliphatic heterocycles. The fourth-order valence-corrected chi connectivity index (χ4v) is 3.66. The first-order valence-electron chi connectivity index (χ1n) is 9.30. The van der Waals surface area contributed by atoms with Crippen LogP contribution in [0.2, 0.25) is 0 Å². The third kappa shape index (κ3) is 6.20. The topological polar surface area (TPSA) is 119 Å². The zero-order valence-electron chi connectivity index (χ0n) is 16.1. The summed E-state index contributed by atoms with van der Waals surface area (Å²) in [7, 11) is 0. The number of nitrogens with zero attached hydrogens (tertiary/aromatic N) is 3. The van der Waals surface area contributed by atoms with Crippen LogP contribution in [0.5, 0.6) is 0 Å². The zero-order valence-corrected chi connectivity index (χ0v) is 16.9. The van der Waals surface area contributed by atoms with E-state index in [4.69, 9.17) is 0 Å². The molecule has 1 atom stereocenters. The summed E-state index contributed by atoms with van der Waals surface area (Å²) in [4.78, 5) is 31.5. The Morgan fingerprint density at radius 2 is 2.07 bits per heavy atom. The van der Waals surface area contributed by atoms with Crippen LogP contribution >= 0.6 is 11.8 Å². The van der Waals surface area contributed by atoms with E-state index < -0.39 is 17.6 Å². The van der Waals surface area contributed by atoms with Crippen LogP contribution < -0.4 is 16.2 Å². The highest BCUT2D eigenvalue weighted by atomic mass is 32.2. The summed E-state index contributed by atoms with van der Waals surface area (Å²) in [6, 6.07) is 0. The number of hydrogen-bond acceptors (Lipinski definition) is 8. The van der Waals surface area contributed by atoms with Crippen molar-refractivity contribution in [3.8, 4) is 0 Å². The Balaban J connectivity index is 2.07. The van der Waals surface area contributed by atoms with Gasteiger partial charge in [-0.1, -0.05) is 37.4 Å². The van der Waals surface area contributed by atoms with Gasteiger partial charge in [-0.05, 0) is 25.5 Å². The van der Waals surface area contributed by atoms with E-state index in [0.717, 1.165) is 25.7 Å². The van der Waals surface area contributed by atoms with Gasteiger partial charge in [-0.15, -0.1) is 0 Å². The molecular formula is C17H27FN6O3S. The van der Waals surface area contributed by atoms with Crippen LogP contribution in [-0.2, 0) is 9.59 Å². The minimum Gasteiger partial charge on any atom is -0.368 e. The van der Waals surface area contributed by atoms with Crippen molar-refractivity contribution in [1.29, 1.82) is 0 Å². The van der Waals surface area contributed by atoms with Gasteiger partial charge < -0.3 is 5.32 Å². The molecule has 11 heteroatoms. The SMILES string of the molecule is CCNc1nc(SC)nc(NNC(=O)[C@H](CC2CCCC2)CN(O)C=O)c1F. The van der Waals surface area contributed by atoms with Crippen LogP contribution in [0.1, 0.15) is 39.0 Å². The number of carbonyl (C=O) groups excluding carboxylic acids is 2. The number of halogens is 1. The number of amides is 2. The van der Waals surface area contributed by atoms with Crippen molar-refractivity contribution in [3.05, 3.63) is 5.82 Å². The number of anilines is 2. The maximum atomic E-state index is 14.5. The predicted octanol–water partition coefficient (Wildman–Crippen LogP) is 2.26. The zero-order chi connectivity index (χ0) is 20.5. The molecule has 0 saturated heterocycles. The smallest absolute Gasteiger partial charge is 0.243 e. The van der Waals surface area contributed by atoms with Crippen LogP contribution in [0.3, 0.4) is 0 Å². The lowest BCUT2D eigenvalue weighted by Crippen LogP contribution is -2.41. The number of carbonyl (C=O) groups is 2. The molecule has 4 N–H and O–H groups in total. The van der Waals surface area contributed by atoms with Crippen LogP contribution in [0.15, 0.2) is 5.16 Å². The van der Waals surface area contributed by atoms with Gasteiger partial charge in [0.25, 0.3) is 0 Å². The average molecular weight is 415 g/mol. The molecule has 0 unspecified atom stereocenters. The summed E-state index contributed by atoms with van der Waals surface area (Å²) in [5, 5.41) is 13.1. The van der Waals surface area contributed by atoms with Gasteiger partial charge in [-0.3, -0.25) is 25.6 Å². The van der Waals surface area contributed by atoms with Gasteiger partial charge in [0.15, 0.2) is 16.8 Å². The number of thioether (sulfide) groups is 1. The first-order chi connectivity index (χ1) is 13.5. The van der Waals surface area contributed by atoms with Crippen LogP contribution in [0, 0.1) is 17.7 Å². The normalized spacial score (nSPS) is 15.1. The highest BCUT2D eigenvalue weighted by Crippen LogP contribution is 2.30. The monoisotopic (exact) mass is 414 g/mol. The van der Waals surface area contributed by atoms with Crippen molar-refractivity contribution in [3.63, 3.8) is 0 Å². The molecule has 0 bridgehead atoms. The van der Waals surface area contributed by atoms with Crippen LogP contribution in [0.4, 0.5) is 16.0 Å². The molecule has 1 aliphatic rings. The third-order valence-electron chi connectivity index (χ3n) is 4.65. The van der Waals surface area contributed by atoms with E-state index in [2.05, 4.69) is 26.1 Å². The molecule has 0 spiro atoms. The Morgan fingerprint density at radius 3 is 2.68 bits per heavy atom. The largest absolute Gasteiger partial charge is 0.368 e. The van der Waals surface area contributed by atoms with Gasteiger partial charge in [-0.25, -0.2) is 15.0 Å². The Hall–Kier alpha value is -2.14. The lowest BCUT2D eigenvalue weighted by Gasteiger charge is -2.22. The Bertz CT molecular complexity index is 675. The summed E-state index contributed by atoms with van der Waals surface area (Å²) in [5.41, 5.74) is 4.97. The van der Waals surface area contributed by atoms with E-state index in [9.17, 15) is 19.2 Å². The van der Waals surface area contributed by atoms with E-state index in [0.29, 0.717) is 29.1 Å². The second kappa shape index (κ2) is 11.0. The molecular weight excluding hydrogens is 387 g/mol. The molecule has 1 aliphatic carbocycles. The number of hydrogen-bond donors (Lipinski definition) is 4. The fraction of sp³-hybridized carbons (Fsp3) is 0.647. The molecule has 28 heavy (non-hydrogen) atoms. The van der Waals surface area contributed by atoms with Gasteiger partial charge in [0.1, 0.15) is 0 Å². The number of hydroxylamine groups is 2. The van der Waals surface area contributed by atoms with E-state index in [1.807, 2.05) is 6.92 Å². The molecule has 1 heterocycles. The fourth-order valence-electron chi connectivity index (χ4n) is 3.29. The minimum absolute atomic E-state index is 0.0450. The van der Waals surface area contributed by atoms with Gasteiger partial charge in [0, 0.05) is 6.54 Å². The van der Waals surface area contributed by atoms with Crippen molar-refractivity contribution in [2.75, 3.05) is 30.1 Å². The molecule has 2 rings (SSSR count). The molecule has 1 aromatic heterocycles. The lowest BCUT2D eigenvalue weighted by atomic mass is 9.92. The summed E-state index contributed by atoms with van der Waals surface area (Å²) in [6.45, 7) is 2.17. The van der Waals surface area contributed by atoms with Crippen molar-refractivity contribution in [1.82, 2.24) is 20.5 Å². The van der Waals surface area contributed by atoms with Gasteiger partial charge in [0.2, 0.25) is 18.1 Å². The molecule has 2 amide bonds. The molecule has 156 valence electrons. The second-order valence-corrected chi connectivity index (χ2v) is 7.45. The standard InChI is InChI=1S/C17H27FN6O3S/c1-3-19-14-13(18)15(21-17(20-14)28-2)22-23-16(26)12(9-24(27)10-25)8-11-6-4-5-7-11/h10-12,27H,3-9H2,1-2H3,(H,23,26)(H2,19,20,21,22)/t12-/m1/s1. The third-order valence-corrected chi connectivity index (χ3v) is 5.20. The first-order valence-corrected chi connectivity index (χ1v) is 10.5. The van der Waals surface area contributed by atoms with Crippen LogP contribution in [0.25, 0.3) is 0 Å². The highest BCUT2D eigenvalue weighted by molar-refractivity contribution is 7.98. The molecule has 1 aromatic rings. The maximum Gasteiger partial charge on any atom is 0.243 e. The van der Waals surface area contributed by atoms with E-state index in [-0.39, 0.29) is 24.6 Å². The summed E-state index contributed by atoms with van der Waals surface area (Å²) in [5.74, 6) is -1.51. The van der Waals surface area contributed by atoms with Crippen molar-refractivity contribution in [2.45, 2.75) is 44.2 Å². The molecule has 9 nitrogen and oxygen atoms in total. The Labute approximate surface area is 167 Å². The highest BCUT2D eigenvalue weighted by Gasteiger charge is 2.27. The quantitative estimate of drug-likeness (QED) is 0.143. The van der Waals surface area contributed by atoms with Crippen molar-refractivity contribution < 1.29 is 19.2 Å². The number of aromatic nitrogens is 2. The molecule has 0 aromatic carbocycles. The maximum absolute atomic E-state index is 14.5. The van der Waals surface area contributed by atoms with Crippen molar-refractivity contribution >= 4 is 35.7 Å². The summed E-state index contributed by atoms with van der Waals surface area (Å²) in [6.07, 6.45) is 6.84. The Morgan fingerprint density at radius 1 is 1.39 bits per heavy atom. The number of hydrazine groups is 1. The lowest BCUT2D eigenvalue weighted by molar-refractivity contribution is -0.154. The van der Waals surface area contributed by atoms with E-state index >= 15 is 0 Å². The van der Waals surface area contributed by atoms with E-state index in [1.165, 1.54) is 11.8 Å². The second-order valence-electron chi connectivity index (χ2n) is 6.68.